The zero-order valence-corrected chi connectivity index (χ0v) is 31.0. The normalized spacial score (nSPS) is 14.3. The lowest BCUT2D eigenvalue weighted by atomic mass is 9.87. The fraction of sp³-hybridized carbons (Fsp3) is 0.455. The van der Waals surface area contributed by atoms with Gasteiger partial charge in [-0.25, -0.2) is 16.8 Å². The maximum Gasteiger partial charge on any atom is 0.418 e. The van der Waals surface area contributed by atoms with E-state index < -0.39 is 41.3 Å². The summed E-state index contributed by atoms with van der Waals surface area (Å²) in [7, 11) is -13.7. The predicted octanol–water partition coefficient (Wildman–Crippen LogP) is 5.75. The van der Waals surface area contributed by atoms with Crippen molar-refractivity contribution in [2.45, 2.75) is 99.9 Å². The number of sulfone groups is 1. The van der Waals surface area contributed by atoms with Crippen molar-refractivity contribution in [1.82, 2.24) is 0 Å². The topological polar surface area (TPSA) is 91.3 Å². The molecule has 0 spiro atoms. The minimum atomic E-state index is -7.28. The van der Waals surface area contributed by atoms with E-state index in [1.165, 1.54) is 18.3 Å². The monoisotopic (exact) mass is 820 g/mol. The number of halogens is 7. The molecule has 1 atom stereocenters. The van der Waals surface area contributed by atoms with Crippen LogP contribution in [0.4, 0.5) is 26.3 Å². The molecule has 262 valence electrons. The van der Waals surface area contributed by atoms with Crippen LogP contribution in [-0.4, -0.2) is 37.8 Å². The summed E-state index contributed by atoms with van der Waals surface area (Å²) in [5.74, 6) is -7.14. The van der Waals surface area contributed by atoms with Gasteiger partial charge < -0.3 is 4.55 Å². The van der Waals surface area contributed by atoms with Crippen LogP contribution in [0.1, 0.15) is 84.4 Å². The molecule has 0 aromatic heterocycles. The Bertz CT molecular complexity index is 1660. The van der Waals surface area contributed by atoms with Crippen molar-refractivity contribution in [3.63, 3.8) is 0 Å². The lowest BCUT2D eigenvalue weighted by Crippen LogP contribution is -3.61. The molecule has 0 radical (unpaired) electrons. The van der Waals surface area contributed by atoms with E-state index in [-0.39, 0.29) is 38.0 Å². The Hall–Kier alpha value is -2.17. The second kappa shape index (κ2) is 14.4. The summed E-state index contributed by atoms with van der Waals surface area (Å²) in [5.41, 5.74) is 3.78. The smallest absolute Gasteiger partial charge is 0.418 e. The molecular weight excluding hydrogens is 781 g/mol. The van der Waals surface area contributed by atoms with Gasteiger partial charge in [0.25, 0.3) is 0 Å². The molecule has 0 fully saturated rings. The van der Waals surface area contributed by atoms with Gasteiger partial charge in [-0.15, -0.1) is 0 Å². The van der Waals surface area contributed by atoms with E-state index >= 15 is 0 Å². The summed E-state index contributed by atoms with van der Waals surface area (Å²) in [6.45, 7) is 17.1. The molecule has 0 aliphatic heterocycles. The Morgan fingerprint density at radius 1 is 0.638 bits per heavy atom. The highest BCUT2D eigenvalue weighted by molar-refractivity contribution is 7.92. The van der Waals surface area contributed by atoms with E-state index in [1.807, 2.05) is 0 Å². The fourth-order valence-corrected chi connectivity index (χ4v) is 7.93. The van der Waals surface area contributed by atoms with Crippen molar-refractivity contribution in [2.24, 2.45) is 0 Å². The van der Waals surface area contributed by atoms with Crippen molar-refractivity contribution in [3.8, 4) is 0 Å². The maximum atomic E-state index is 13.8. The molecule has 0 aliphatic rings. The van der Waals surface area contributed by atoms with Gasteiger partial charge in [-0.3, -0.25) is 0 Å². The quantitative estimate of drug-likeness (QED) is 0.156. The zero-order chi connectivity index (χ0) is 36.4. The number of benzene rings is 3. The molecule has 1 unspecified atom stereocenters. The summed E-state index contributed by atoms with van der Waals surface area (Å²) >= 11 is -0.0703. The third kappa shape index (κ3) is 9.09. The molecule has 3 rings (SSSR count). The summed E-state index contributed by atoms with van der Waals surface area (Å²) in [6, 6.07) is 21.5. The summed E-state index contributed by atoms with van der Waals surface area (Å²) in [6.07, 6.45) is 0.577. The SMILES string of the molecule is CC(C)(C)c1ccc([I+]c2ccc(C(C)(C)C)cc2)cc1.CCC(C)c1ccc(S(=O)(=O)C(F)(F)C(F)(F)C(F)(F)S(=O)(=O)[O-])cc1. The van der Waals surface area contributed by atoms with Crippen LogP contribution in [0.5, 0.6) is 0 Å². The molecule has 0 saturated carbocycles. The minimum Gasteiger partial charge on any atom is -0.743 e. The molecule has 3 aromatic rings. The largest absolute Gasteiger partial charge is 0.743 e. The maximum absolute atomic E-state index is 13.8. The highest BCUT2D eigenvalue weighted by atomic mass is 127. The first-order valence-electron chi connectivity index (χ1n) is 14.4. The van der Waals surface area contributed by atoms with Crippen LogP contribution in [0.3, 0.4) is 0 Å². The van der Waals surface area contributed by atoms with Gasteiger partial charge in [0.15, 0.2) is 17.3 Å². The second-order valence-electron chi connectivity index (χ2n) is 13.1. The summed E-state index contributed by atoms with van der Waals surface area (Å²) in [5, 5.41) is -13.4. The van der Waals surface area contributed by atoms with Gasteiger partial charge in [-0.2, -0.15) is 26.3 Å². The predicted molar refractivity (Wildman–Crippen MR) is 165 cm³/mol. The van der Waals surface area contributed by atoms with Crippen LogP contribution >= 0.6 is 0 Å². The Kier molecular flexibility index (Phi) is 12.5. The first-order chi connectivity index (χ1) is 21.1. The van der Waals surface area contributed by atoms with E-state index in [0.29, 0.717) is 24.1 Å². The molecule has 14 heteroatoms. The number of rotatable bonds is 9. The zero-order valence-electron chi connectivity index (χ0n) is 27.2. The Morgan fingerprint density at radius 2 is 1.00 bits per heavy atom. The number of hydrogen-bond acceptors (Lipinski definition) is 5. The first kappa shape index (κ1) is 41.0. The average Bonchev–Trinajstić information content (AvgIpc) is 2.96. The highest BCUT2D eigenvalue weighted by Crippen LogP contribution is 2.52. The fourth-order valence-electron chi connectivity index (χ4n) is 4.01. The van der Waals surface area contributed by atoms with Gasteiger partial charge in [0.1, 0.15) is 0 Å². The van der Waals surface area contributed by atoms with Crippen molar-refractivity contribution in [3.05, 3.63) is 96.6 Å². The van der Waals surface area contributed by atoms with E-state index in [9.17, 15) is 47.7 Å². The van der Waals surface area contributed by atoms with E-state index in [4.69, 9.17) is 0 Å². The summed E-state index contributed by atoms with van der Waals surface area (Å²) in [4.78, 5) is -1.44. The highest BCUT2D eigenvalue weighted by Gasteiger charge is 2.80. The number of alkyl halides is 6. The van der Waals surface area contributed by atoms with Gasteiger partial charge in [0.05, 0.1) is 4.90 Å². The lowest BCUT2D eigenvalue weighted by molar-refractivity contribution is -0.597. The molecule has 0 heterocycles. The average molecular weight is 821 g/mol. The summed E-state index contributed by atoms with van der Waals surface area (Å²) < 4.78 is 138. The van der Waals surface area contributed by atoms with Gasteiger partial charge in [0.2, 0.25) is 9.84 Å². The Labute approximate surface area is 284 Å². The van der Waals surface area contributed by atoms with Crippen LogP contribution in [-0.2, 0) is 30.8 Å². The second-order valence-corrected chi connectivity index (χ2v) is 19.5. The van der Waals surface area contributed by atoms with E-state index in [2.05, 4.69) is 90.1 Å². The van der Waals surface area contributed by atoms with Crippen LogP contribution in [0, 0.1) is 7.14 Å². The van der Waals surface area contributed by atoms with Crippen molar-refractivity contribution >= 4 is 20.0 Å². The van der Waals surface area contributed by atoms with Gasteiger partial charge in [0, 0.05) is 0 Å². The molecule has 0 amide bonds. The van der Waals surface area contributed by atoms with Crippen molar-refractivity contribution in [1.29, 1.82) is 0 Å². The molecule has 0 saturated heterocycles. The molecule has 0 N–H and O–H groups in total. The Balaban J connectivity index is 0.000000333. The molecule has 3 aromatic carbocycles. The molecule has 0 bridgehead atoms. The standard InChI is InChI=1S/C20H26I.C13H14F6O5S2/c1-19(2,3)15-7-11-17(12-8-15)21-18-13-9-16(10-14-18)20(4,5)6;1-3-8(2)9-4-6-10(7-5-9)25(20,21)12(16,17)11(14,15)13(18,19)26(22,23)24/h7-14H,1-6H3;4-8H,3H2,1-2H3,(H,22,23,24)/q+1;/p-1. The lowest BCUT2D eigenvalue weighted by Gasteiger charge is -2.33. The van der Waals surface area contributed by atoms with Gasteiger partial charge in [-0.05, 0) is 76.3 Å². The van der Waals surface area contributed by atoms with E-state index in [0.717, 1.165) is 12.1 Å². The van der Waals surface area contributed by atoms with Crippen molar-refractivity contribution < 1.29 is 68.9 Å². The van der Waals surface area contributed by atoms with Crippen LogP contribution in [0.15, 0.2) is 77.7 Å². The van der Waals surface area contributed by atoms with Crippen LogP contribution in [0.25, 0.3) is 0 Å². The van der Waals surface area contributed by atoms with Gasteiger partial charge >= 0.3 is 37.6 Å². The van der Waals surface area contributed by atoms with Gasteiger partial charge in [-0.1, -0.05) is 91.8 Å². The molecular formula is C33H39F6IO5S2. The van der Waals surface area contributed by atoms with Crippen molar-refractivity contribution in [2.75, 3.05) is 0 Å². The molecule has 5 nitrogen and oxygen atoms in total. The van der Waals surface area contributed by atoms with Crippen LogP contribution in [0.2, 0.25) is 0 Å². The molecule has 0 aliphatic carbocycles. The Morgan fingerprint density at radius 3 is 1.30 bits per heavy atom. The third-order valence-electron chi connectivity index (χ3n) is 7.39. The minimum absolute atomic E-state index is 0.0703. The third-order valence-corrected chi connectivity index (χ3v) is 12.8. The molecule has 47 heavy (non-hydrogen) atoms. The van der Waals surface area contributed by atoms with E-state index in [1.54, 1.807) is 13.8 Å². The van der Waals surface area contributed by atoms with Crippen LogP contribution < -0.4 is 21.2 Å². The number of hydrogen-bond donors (Lipinski definition) is 0. The first-order valence-corrected chi connectivity index (χ1v) is 19.5.